The van der Waals surface area contributed by atoms with Gasteiger partial charge in [-0.15, -0.1) is 0 Å². The normalized spacial score (nSPS) is 11.9. The monoisotopic (exact) mass is 203 g/mol. The molecule has 2 nitrogen and oxygen atoms in total. The average Bonchev–Trinajstić information content (AvgIpc) is 2.63. The van der Waals surface area contributed by atoms with Gasteiger partial charge in [0, 0.05) is 17.1 Å². The van der Waals surface area contributed by atoms with Crippen LogP contribution < -0.4 is 0 Å². The number of nitrogens with zero attached hydrogens (tertiary/aromatic N) is 1. The van der Waals surface area contributed by atoms with E-state index < -0.39 is 0 Å². The van der Waals surface area contributed by atoms with Gasteiger partial charge in [0.15, 0.2) is 0 Å². The predicted octanol–water partition coefficient (Wildman–Crippen LogP) is 4.07. The molecule has 2 aromatic rings. The first-order chi connectivity index (χ1) is 7.11. The number of hydrogen-bond acceptors (Lipinski definition) is 2. The molecule has 2 rings (SSSR count). The topological polar surface area (TPSA) is 26.0 Å². The molecular formula is C13H17NO. The third-order valence-corrected chi connectivity index (χ3v) is 2.71. The molecule has 0 unspecified atom stereocenters. The Labute approximate surface area is 90.3 Å². The summed E-state index contributed by atoms with van der Waals surface area (Å²) in [4.78, 5) is 4.54. The van der Waals surface area contributed by atoms with E-state index in [4.69, 9.17) is 4.42 Å². The summed E-state index contributed by atoms with van der Waals surface area (Å²) in [5, 5.41) is 1.16. The molecule has 0 aromatic carbocycles. The highest BCUT2D eigenvalue weighted by Crippen LogP contribution is 2.30. The maximum atomic E-state index is 5.56. The van der Waals surface area contributed by atoms with Crippen molar-refractivity contribution < 1.29 is 4.42 Å². The molecule has 0 spiro atoms. The molecule has 0 N–H and O–H groups in total. The van der Waals surface area contributed by atoms with Crippen molar-refractivity contribution in [3.8, 4) is 0 Å². The smallest absolute Gasteiger partial charge is 0.140 e. The highest BCUT2D eigenvalue weighted by atomic mass is 16.3. The molecule has 0 saturated heterocycles. The lowest BCUT2D eigenvalue weighted by molar-refractivity contribution is 0.606. The van der Waals surface area contributed by atoms with E-state index in [1.165, 1.54) is 5.56 Å². The molecule has 0 saturated carbocycles. The van der Waals surface area contributed by atoms with Crippen molar-refractivity contribution in [2.24, 2.45) is 0 Å². The zero-order valence-electron chi connectivity index (χ0n) is 9.74. The molecule has 0 aliphatic rings. The number of furan rings is 1. The summed E-state index contributed by atoms with van der Waals surface area (Å²) in [7, 11) is 0. The van der Waals surface area contributed by atoms with Gasteiger partial charge in [0.05, 0.1) is 12.0 Å². The summed E-state index contributed by atoms with van der Waals surface area (Å²) in [6.45, 7) is 8.63. The first-order valence-corrected chi connectivity index (χ1v) is 5.47. The fourth-order valence-corrected chi connectivity index (χ4v) is 1.87. The van der Waals surface area contributed by atoms with Gasteiger partial charge in [-0.25, -0.2) is 0 Å². The van der Waals surface area contributed by atoms with E-state index >= 15 is 0 Å². The fourth-order valence-electron chi connectivity index (χ4n) is 1.87. The van der Waals surface area contributed by atoms with Gasteiger partial charge in [-0.2, -0.15) is 0 Å². The zero-order valence-corrected chi connectivity index (χ0v) is 9.74. The summed E-state index contributed by atoms with van der Waals surface area (Å²) >= 11 is 0. The lowest BCUT2D eigenvalue weighted by Gasteiger charge is -2.10. The van der Waals surface area contributed by atoms with Crippen LogP contribution in [0, 0.1) is 0 Å². The molecule has 0 bridgehead atoms. The second kappa shape index (κ2) is 3.69. The molecule has 0 aliphatic heterocycles. The second-order valence-corrected chi connectivity index (χ2v) is 4.57. The molecule has 2 heterocycles. The minimum atomic E-state index is 0.436. The number of rotatable bonds is 2. The molecule has 0 aliphatic carbocycles. The average molecular weight is 203 g/mol. The van der Waals surface area contributed by atoms with E-state index in [9.17, 15) is 0 Å². The van der Waals surface area contributed by atoms with Gasteiger partial charge in [0.2, 0.25) is 0 Å². The molecular weight excluding hydrogens is 186 g/mol. The van der Waals surface area contributed by atoms with Gasteiger partial charge in [0.25, 0.3) is 0 Å². The zero-order chi connectivity index (χ0) is 11.0. The molecule has 0 fully saturated rings. The first kappa shape index (κ1) is 10.2. The van der Waals surface area contributed by atoms with Crippen LogP contribution in [0.2, 0.25) is 0 Å². The van der Waals surface area contributed by atoms with Crippen molar-refractivity contribution in [2.45, 2.75) is 39.5 Å². The van der Waals surface area contributed by atoms with Gasteiger partial charge in [0.1, 0.15) is 5.58 Å². The maximum absolute atomic E-state index is 5.56. The molecule has 15 heavy (non-hydrogen) atoms. The predicted molar refractivity (Wildman–Crippen MR) is 62.2 cm³/mol. The van der Waals surface area contributed by atoms with Gasteiger partial charge in [-0.05, 0) is 17.9 Å². The molecule has 2 heteroatoms. The van der Waals surface area contributed by atoms with E-state index in [0.717, 1.165) is 16.7 Å². The van der Waals surface area contributed by atoms with Crippen LogP contribution in [0.1, 0.15) is 50.8 Å². The molecule has 0 atom stereocenters. The fraction of sp³-hybridized carbons (Fsp3) is 0.462. The van der Waals surface area contributed by atoms with Gasteiger partial charge in [-0.3, -0.25) is 4.98 Å². The van der Waals surface area contributed by atoms with Crippen LogP contribution >= 0.6 is 0 Å². The number of hydrogen-bond donors (Lipinski definition) is 0. The molecule has 0 radical (unpaired) electrons. The van der Waals surface area contributed by atoms with E-state index in [1.54, 1.807) is 6.26 Å². The number of aromatic nitrogens is 1. The Morgan fingerprint density at radius 1 is 1.13 bits per heavy atom. The van der Waals surface area contributed by atoms with E-state index in [-0.39, 0.29) is 0 Å². The maximum Gasteiger partial charge on any atom is 0.140 e. The van der Waals surface area contributed by atoms with Crippen LogP contribution in [-0.2, 0) is 0 Å². The summed E-state index contributed by atoms with van der Waals surface area (Å²) in [6.07, 6.45) is 3.70. The minimum Gasteiger partial charge on any atom is -0.464 e. The van der Waals surface area contributed by atoms with Crippen LogP contribution in [0.25, 0.3) is 11.0 Å². The van der Waals surface area contributed by atoms with Crippen LogP contribution in [-0.4, -0.2) is 4.98 Å². The van der Waals surface area contributed by atoms with E-state index in [0.29, 0.717) is 11.8 Å². The van der Waals surface area contributed by atoms with Crippen molar-refractivity contribution in [1.82, 2.24) is 4.98 Å². The van der Waals surface area contributed by atoms with E-state index in [2.05, 4.69) is 32.7 Å². The Kier molecular flexibility index (Phi) is 2.51. The quantitative estimate of drug-likeness (QED) is 0.735. The SMILES string of the molecule is CC(C)c1ncc(C(C)C)c2occc12. The Bertz CT molecular complexity index is 426. The van der Waals surface area contributed by atoms with Gasteiger partial charge in [-0.1, -0.05) is 27.7 Å². The van der Waals surface area contributed by atoms with Crippen LogP contribution in [0.5, 0.6) is 0 Å². The van der Waals surface area contributed by atoms with Gasteiger partial charge >= 0.3 is 0 Å². The third kappa shape index (κ3) is 1.65. The largest absolute Gasteiger partial charge is 0.464 e. The van der Waals surface area contributed by atoms with Crippen LogP contribution in [0.15, 0.2) is 22.9 Å². The van der Waals surface area contributed by atoms with Crippen molar-refractivity contribution in [3.63, 3.8) is 0 Å². The van der Waals surface area contributed by atoms with Crippen molar-refractivity contribution in [3.05, 3.63) is 29.8 Å². The Morgan fingerprint density at radius 3 is 2.47 bits per heavy atom. The first-order valence-electron chi connectivity index (χ1n) is 5.47. The highest BCUT2D eigenvalue weighted by Gasteiger charge is 2.14. The summed E-state index contributed by atoms with van der Waals surface area (Å²) in [6, 6.07) is 2.02. The summed E-state index contributed by atoms with van der Waals surface area (Å²) < 4.78 is 5.56. The van der Waals surface area contributed by atoms with Crippen molar-refractivity contribution >= 4 is 11.0 Å². The molecule has 2 aromatic heterocycles. The lowest BCUT2D eigenvalue weighted by atomic mass is 9.99. The Hall–Kier alpha value is -1.31. The number of fused-ring (bicyclic) bond motifs is 1. The van der Waals surface area contributed by atoms with Crippen LogP contribution in [0.4, 0.5) is 0 Å². The van der Waals surface area contributed by atoms with Crippen LogP contribution in [0.3, 0.4) is 0 Å². The van der Waals surface area contributed by atoms with Crippen molar-refractivity contribution in [1.29, 1.82) is 0 Å². The summed E-state index contributed by atoms with van der Waals surface area (Å²) in [5.74, 6) is 0.888. The highest BCUT2D eigenvalue weighted by molar-refractivity contribution is 5.83. The molecule has 80 valence electrons. The Morgan fingerprint density at radius 2 is 1.87 bits per heavy atom. The van der Waals surface area contributed by atoms with E-state index in [1.807, 2.05) is 12.3 Å². The number of pyridine rings is 1. The third-order valence-electron chi connectivity index (χ3n) is 2.71. The summed E-state index contributed by atoms with van der Waals surface area (Å²) in [5.41, 5.74) is 3.33. The lowest BCUT2D eigenvalue weighted by Crippen LogP contribution is -1.97. The molecule has 0 amide bonds. The standard InChI is InChI=1S/C13H17NO/c1-8(2)11-7-14-12(9(3)4)10-5-6-15-13(10)11/h5-9H,1-4H3. The van der Waals surface area contributed by atoms with Gasteiger partial charge < -0.3 is 4.42 Å². The minimum absolute atomic E-state index is 0.436. The van der Waals surface area contributed by atoms with Crippen molar-refractivity contribution in [2.75, 3.05) is 0 Å². The second-order valence-electron chi connectivity index (χ2n) is 4.57. The Balaban J connectivity index is 2.71.